The minimum absolute atomic E-state index is 0.0234. The van der Waals surface area contributed by atoms with Crippen LogP contribution < -0.4 is 4.90 Å². The van der Waals surface area contributed by atoms with Crippen LogP contribution in [0.4, 0.5) is 5.69 Å². The first-order valence-corrected chi connectivity index (χ1v) is 16.1. The summed E-state index contributed by atoms with van der Waals surface area (Å²) in [5.41, 5.74) is 5.59. The van der Waals surface area contributed by atoms with Gasteiger partial charge in [0.25, 0.3) is 17.7 Å². The average molecular weight is 716 g/mol. The van der Waals surface area contributed by atoms with Crippen LogP contribution in [-0.4, -0.2) is 52.1 Å². The van der Waals surface area contributed by atoms with Gasteiger partial charge in [0, 0.05) is 14.9 Å². The number of hydrogen-bond donors (Lipinski definition) is 0. The molecule has 1 saturated heterocycles. The average Bonchev–Trinajstić information content (AvgIpc) is 3.69. The van der Waals surface area contributed by atoms with Gasteiger partial charge in [-0.15, -0.1) is 0 Å². The van der Waals surface area contributed by atoms with E-state index < -0.39 is 23.9 Å². The topological polar surface area (TPSA) is 98.0 Å². The molecule has 3 heterocycles. The maximum Gasteiger partial charge on any atom is 0.264 e. The molecule has 0 bridgehead atoms. The highest BCUT2D eigenvalue weighted by Gasteiger charge is 2.55. The van der Waals surface area contributed by atoms with E-state index in [1.165, 1.54) is 5.01 Å². The number of imide groups is 1. The largest absolute Gasteiger partial charge is 0.271 e. The number of carbonyl (C=O) groups excluding carboxylic acids is 3. The maximum absolute atomic E-state index is 14.1. The first kappa shape index (κ1) is 28.8. The fraction of sp³-hybridized carbons (Fsp3) is 0.273. The summed E-state index contributed by atoms with van der Waals surface area (Å²) in [6, 6.07) is 21.0. The predicted octanol–water partition coefficient (Wildman–Crippen LogP) is 6.64. The molecule has 7 rings (SSSR count). The molecule has 9 nitrogen and oxygen atoms in total. The quantitative estimate of drug-likeness (QED) is 0.277. The Balaban J connectivity index is 1.18. The van der Waals surface area contributed by atoms with Crippen molar-refractivity contribution in [2.45, 2.75) is 44.3 Å². The van der Waals surface area contributed by atoms with Gasteiger partial charge < -0.3 is 0 Å². The van der Waals surface area contributed by atoms with Crippen LogP contribution in [-0.2, 0) is 14.4 Å². The van der Waals surface area contributed by atoms with Crippen LogP contribution in [0, 0.1) is 12.8 Å². The van der Waals surface area contributed by atoms with Crippen molar-refractivity contribution in [1.82, 2.24) is 10.0 Å². The van der Waals surface area contributed by atoms with E-state index in [4.69, 9.17) is 5.10 Å². The first-order chi connectivity index (χ1) is 21.3. The monoisotopic (exact) mass is 714 g/mol. The van der Waals surface area contributed by atoms with E-state index in [0.717, 1.165) is 61.1 Å². The molecule has 4 aliphatic rings. The number of fused-ring (bicyclic) bond motifs is 2. The molecule has 3 aromatic rings. The minimum Gasteiger partial charge on any atom is -0.271 e. The van der Waals surface area contributed by atoms with Crippen LogP contribution in [0.1, 0.15) is 42.0 Å². The second-order valence-corrected chi connectivity index (χ2v) is 13.3. The van der Waals surface area contributed by atoms with Gasteiger partial charge in [-0.1, -0.05) is 79.0 Å². The van der Waals surface area contributed by atoms with Gasteiger partial charge in [-0.2, -0.15) is 10.2 Å². The Bertz CT molecular complexity index is 1740. The van der Waals surface area contributed by atoms with Crippen molar-refractivity contribution in [3.8, 4) is 0 Å². The summed E-state index contributed by atoms with van der Waals surface area (Å²) in [4.78, 5) is 42.0. The van der Waals surface area contributed by atoms with Crippen molar-refractivity contribution in [1.29, 1.82) is 0 Å². The lowest BCUT2D eigenvalue weighted by atomic mass is 9.77. The molecular weight excluding hydrogens is 688 g/mol. The highest BCUT2D eigenvalue weighted by molar-refractivity contribution is 9.10. The van der Waals surface area contributed by atoms with Crippen LogP contribution in [0.2, 0.25) is 0 Å². The summed E-state index contributed by atoms with van der Waals surface area (Å²) >= 11 is 7.03. The van der Waals surface area contributed by atoms with E-state index in [9.17, 15) is 14.4 Å². The summed E-state index contributed by atoms with van der Waals surface area (Å²) in [6.45, 7) is 1.71. The van der Waals surface area contributed by atoms with E-state index in [0.29, 0.717) is 5.69 Å². The maximum atomic E-state index is 14.1. The number of anilines is 1. The van der Waals surface area contributed by atoms with Crippen LogP contribution in [0.3, 0.4) is 0 Å². The summed E-state index contributed by atoms with van der Waals surface area (Å²) in [5, 5.41) is 16.1. The number of carbonyl (C=O) groups is 3. The molecule has 3 aliphatic heterocycles. The van der Waals surface area contributed by atoms with Crippen LogP contribution >= 0.6 is 31.9 Å². The molecule has 0 aromatic heterocycles. The van der Waals surface area contributed by atoms with Crippen molar-refractivity contribution in [3.63, 3.8) is 0 Å². The van der Waals surface area contributed by atoms with E-state index in [2.05, 4.69) is 60.4 Å². The molecule has 0 spiro atoms. The molecule has 1 aliphatic carbocycles. The van der Waals surface area contributed by atoms with Gasteiger partial charge in [0.2, 0.25) is 0 Å². The van der Waals surface area contributed by atoms with Gasteiger partial charge in [-0.3, -0.25) is 19.4 Å². The molecule has 0 radical (unpaired) electrons. The van der Waals surface area contributed by atoms with Crippen molar-refractivity contribution in [2.24, 2.45) is 21.4 Å². The Morgan fingerprint density at radius 3 is 2.30 bits per heavy atom. The number of amides is 3. The standard InChI is InChI=1S/C33H28Br2N6O3/c1-19-5-15-25(16-6-19)40-32(43)29-31(33(40)44)39(38-36-29)18-27(42)41-30(21-9-13-24(35)14-10-21)26-4-2-3-22(28(26)37-41)17-20-7-11-23(34)12-8-20/h5-17,26,29-31H,2-4,18H2,1H3/b22-17-. The van der Waals surface area contributed by atoms with Gasteiger partial charge in [0.1, 0.15) is 6.54 Å². The van der Waals surface area contributed by atoms with Gasteiger partial charge in [0.05, 0.1) is 17.4 Å². The molecule has 1 saturated carbocycles. The molecule has 0 N–H and O–H groups in total. The molecule has 4 unspecified atom stereocenters. The fourth-order valence-electron chi connectivity index (χ4n) is 6.47. The Morgan fingerprint density at radius 1 is 0.909 bits per heavy atom. The third-order valence-electron chi connectivity index (χ3n) is 8.63. The van der Waals surface area contributed by atoms with Crippen molar-refractivity contribution in [3.05, 3.63) is 104 Å². The summed E-state index contributed by atoms with van der Waals surface area (Å²) < 4.78 is 1.96. The third kappa shape index (κ3) is 5.11. The molecule has 4 atom stereocenters. The summed E-state index contributed by atoms with van der Waals surface area (Å²) in [7, 11) is 0. The number of hydrogen-bond acceptors (Lipinski definition) is 7. The predicted molar refractivity (Wildman–Crippen MR) is 173 cm³/mol. The zero-order valence-electron chi connectivity index (χ0n) is 23.8. The molecule has 2 fully saturated rings. The Morgan fingerprint density at radius 2 is 1.59 bits per heavy atom. The summed E-state index contributed by atoms with van der Waals surface area (Å²) in [5.74, 6) is -1.16. The minimum atomic E-state index is -0.980. The number of allylic oxidation sites excluding steroid dienone is 1. The zero-order valence-corrected chi connectivity index (χ0v) is 27.0. The second kappa shape index (κ2) is 11.5. The van der Waals surface area contributed by atoms with Gasteiger partial charge >= 0.3 is 0 Å². The molecule has 3 amide bonds. The van der Waals surface area contributed by atoms with Crippen LogP contribution in [0.25, 0.3) is 6.08 Å². The SMILES string of the molecule is Cc1ccc(N2C(=O)C3N=NN(CC(=O)N4N=C5/C(=C\c6ccc(Br)cc6)CCCC5C4c4ccc(Br)cc4)C3C2=O)cc1. The van der Waals surface area contributed by atoms with Gasteiger partial charge in [-0.25, -0.2) is 9.91 Å². The smallest absolute Gasteiger partial charge is 0.264 e. The van der Waals surface area contributed by atoms with Crippen molar-refractivity contribution >= 4 is 67.1 Å². The lowest BCUT2D eigenvalue weighted by Gasteiger charge is -2.30. The normalized spacial score (nSPS) is 25.1. The Kier molecular flexibility index (Phi) is 7.54. The molecular formula is C33H28Br2N6O3. The zero-order chi connectivity index (χ0) is 30.5. The lowest BCUT2D eigenvalue weighted by molar-refractivity contribution is -0.136. The highest BCUT2D eigenvalue weighted by atomic mass is 79.9. The molecule has 11 heteroatoms. The fourth-order valence-corrected chi connectivity index (χ4v) is 7.00. The number of halogens is 2. The number of aryl methyl sites for hydroxylation is 1. The Labute approximate surface area is 271 Å². The molecule has 3 aromatic carbocycles. The van der Waals surface area contributed by atoms with E-state index in [1.807, 2.05) is 55.5 Å². The molecule has 222 valence electrons. The Hall–Kier alpha value is -3.96. The van der Waals surface area contributed by atoms with Crippen molar-refractivity contribution in [2.75, 3.05) is 11.4 Å². The van der Waals surface area contributed by atoms with E-state index in [1.54, 1.807) is 17.1 Å². The lowest BCUT2D eigenvalue weighted by Crippen LogP contribution is -2.45. The van der Waals surface area contributed by atoms with E-state index in [-0.39, 0.29) is 24.4 Å². The van der Waals surface area contributed by atoms with Gasteiger partial charge in [-0.05, 0) is 85.4 Å². The van der Waals surface area contributed by atoms with E-state index >= 15 is 0 Å². The number of nitrogens with zero attached hydrogens (tertiary/aromatic N) is 6. The van der Waals surface area contributed by atoms with Gasteiger partial charge in [0.15, 0.2) is 12.1 Å². The van der Waals surface area contributed by atoms with Crippen LogP contribution in [0.5, 0.6) is 0 Å². The first-order valence-electron chi connectivity index (χ1n) is 14.5. The summed E-state index contributed by atoms with van der Waals surface area (Å²) in [6.07, 6.45) is 4.91. The van der Waals surface area contributed by atoms with Crippen LogP contribution in [0.15, 0.2) is 103 Å². The van der Waals surface area contributed by atoms with Crippen molar-refractivity contribution < 1.29 is 14.4 Å². The number of hydrazone groups is 1. The number of rotatable bonds is 5. The molecule has 44 heavy (non-hydrogen) atoms. The second-order valence-electron chi connectivity index (χ2n) is 11.5. The highest BCUT2D eigenvalue weighted by Crippen LogP contribution is 2.45. The third-order valence-corrected chi connectivity index (χ3v) is 9.68. The number of benzene rings is 3.